The molecule has 6 heteroatoms. The van der Waals surface area contributed by atoms with Gasteiger partial charge in [-0.2, -0.15) is 0 Å². The van der Waals surface area contributed by atoms with Gasteiger partial charge in [0.25, 0.3) is 5.91 Å². The molecule has 120 valence electrons. The van der Waals surface area contributed by atoms with Gasteiger partial charge in [0.15, 0.2) is 5.76 Å². The highest BCUT2D eigenvalue weighted by Crippen LogP contribution is 2.27. The van der Waals surface area contributed by atoms with Crippen molar-refractivity contribution in [2.45, 2.75) is 40.0 Å². The Bertz CT molecular complexity index is 851. The van der Waals surface area contributed by atoms with Crippen LogP contribution in [0, 0.1) is 6.92 Å². The Hall–Kier alpha value is -2.21. The highest BCUT2D eigenvalue weighted by Gasteiger charge is 2.19. The van der Waals surface area contributed by atoms with Gasteiger partial charge in [-0.25, -0.2) is 0 Å². The van der Waals surface area contributed by atoms with Crippen LogP contribution in [0.5, 0.6) is 0 Å². The van der Waals surface area contributed by atoms with Crippen LogP contribution in [0.1, 0.15) is 47.0 Å². The van der Waals surface area contributed by atoms with Crippen molar-refractivity contribution < 1.29 is 9.21 Å². The summed E-state index contributed by atoms with van der Waals surface area (Å²) in [6, 6.07) is 6.02. The van der Waals surface area contributed by atoms with Crippen LogP contribution < -0.4 is 5.32 Å². The second-order valence-corrected chi connectivity index (χ2v) is 6.51. The van der Waals surface area contributed by atoms with Crippen LogP contribution in [0.15, 0.2) is 22.6 Å². The summed E-state index contributed by atoms with van der Waals surface area (Å²) >= 11 is 1.40. The zero-order valence-corrected chi connectivity index (χ0v) is 14.3. The molecule has 0 atom stereocenters. The number of hydrogen-bond acceptors (Lipinski definition) is 5. The average Bonchev–Trinajstić information content (AvgIpc) is 3.12. The molecule has 0 aliphatic rings. The third kappa shape index (κ3) is 3.12. The van der Waals surface area contributed by atoms with Gasteiger partial charge in [-0.15, -0.1) is 10.2 Å². The lowest BCUT2D eigenvalue weighted by Gasteiger charge is -1.98. The van der Waals surface area contributed by atoms with Crippen LogP contribution in [0.25, 0.3) is 11.0 Å². The van der Waals surface area contributed by atoms with Crippen molar-refractivity contribution in [3.63, 3.8) is 0 Å². The zero-order valence-electron chi connectivity index (χ0n) is 13.5. The number of hydrogen-bond donors (Lipinski definition) is 1. The van der Waals surface area contributed by atoms with E-state index in [1.54, 1.807) is 0 Å². The van der Waals surface area contributed by atoms with Crippen LogP contribution >= 0.6 is 11.3 Å². The molecule has 0 aliphatic heterocycles. The maximum Gasteiger partial charge on any atom is 0.293 e. The molecule has 0 spiro atoms. The van der Waals surface area contributed by atoms with E-state index in [9.17, 15) is 4.79 Å². The van der Waals surface area contributed by atoms with E-state index in [1.165, 1.54) is 16.9 Å². The maximum atomic E-state index is 12.5. The van der Waals surface area contributed by atoms with E-state index in [2.05, 4.69) is 35.4 Å². The lowest BCUT2D eigenvalue weighted by atomic mass is 10.1. The van der Waals surface area contributed by atoms with Crippen LogP contribution in [0.4, 0.5) is 5.13 Å². The Kier molecular flexibility index (Phi) is 4.43. The van der Waals surface area contributed by atoms with E-state index in [0.29, 0.717) is 10.9 Å². The monoisotopic (exact) mass is 329 g/mol. The predicted octanol–water partition coefficient (Wildman–Crippen LogP) is 4.36. The molecule has 1 amide bonds. The van der Waals surface area contributed by atoms with Crippen molar-refractivity contribution >= 4 is 33.3 Å². The summed E-state index contributed by atoms with van der Waals surface area (Å²) in [6.45, 7) is 6.10. The molecule has 3 rings (SSSR count). The number of carbonyl (C=O) groups excluding carboxylic acids is 1. The number of anilines is 1. The molecular weight excluding hydrogens is 310 g/mol. The lowest BCUT2D eigenvalue weighted by molar-refractivity contribution is 0.0998. The van der Waals surface area contributed by atoms with Gasteiger partial charge < -0.3 is 4.42 Å². The van der Waals surface area contributed by atoms with Gasteiger partial charge in [-0.3, -0.25) is 10.1 Å². The largest absolute Gasteiger partial charge is 0.451 e. The topological polar surface area (TPSA) is 68.0 Å². The maximum absolute atomic E-state index is 12.5. The fourth-order valence-electron chi connectivity index (χ4n) is 2.48. The molecule has 0 bridgehead atoms. The summed E-state index contributed by atoms with van der Waals surface area (Å²) in [5.41, 5.74) is 2.81. The number of fused-ring (bicyclic) bond motifs is 1. The number of benzene rings is 1. The molecule has 0 saturated heterocycles. The minimum Gasteiger partial charge on any atom is -0.451 e. The molecule has 0 fully saturated rings. The summed E-state index contributed by atoms with van der Waals surface area (Å²) in [5.74, 6) is 0.0523. The Morgan fingerprint density at radius 2 is 2.13 bits per heavy atom. The van der Waals surface area contributed by atoms with Gasteiger partial charge in [0.2, 0.25) is 5.13 Å². The van der Waals surface area contributed by atoms with Crippen molar-refractivity contribution in [3.05, 3.63) is 40.1 Å². The van der Waals surface area contributed by atoms with Crippen molar-refractivity contribution in [2.75, 3.05) is 5.32 Å². The molecule has 0 saturated carbocycles. The number of aromatic nitrogens is 2. The quantitative estimate of drug-likeness (QED) is 0.755. The third-order valence-corrected chi connectivity index (χ3v) is 4.66. The van der Waals surface area contributed by atoms with Gasteiger partial charge in [0.05, 0.1) is 0 Å². The number of amides is 1. The second-order valence-electron chi connectivity index (χ2n) is 5.45. The first-order valence-corrected chi connectivity index (χ1v) is 8.59. The van der Waals surface area contributed by atoms with Gasteiger partial charge in [-0.05, 0) is 37.5 Å². The smallest absolute Gasteiger partial charge is 0.293 e. The molecule has 5 nitrogen and oxygen atoms in total. The average molecular weight is 329 g/mol. The number of carbonyl (C=O) groups is 1. The first kappa shape index (κ1) is 15.7. The van der Waals surface area contributed by atoms with Crippen molar-refractivity contribution in [3.8, 4) is 0 Å². The minimum atomic E-state index is -0.282. The van der Waals surface area contributed by atoms with Gasteiger partial charge >= 0.3 is 0 Å². The molecular formula is C17H19N3O2S. The number of nitrogens with one attached hydrogen (secondary N) is 1. The van der Waals surface area contributed by atoms with Crippen molar-refractivity contribution in [1.82, 2.24) is 10.2 Å². The first-order valence-electron chi connectivity index (χ1n) is 7.78. The minimum absolute atomic E-state index is 0.282. The molecule has 2 heterocycles. The van der Waals surface area contributed by atoms with E-state index in [-0.39, 0.29) is 5.91 Å². The summed E-state index contributed by atoms with van der Waals surface area (Å²) in [5, 5.41) is 13.3. The van der Waals surface area contributed by atoms with Crippen LogP contribution in [0.2, 0.25) is 0 Å². The van der Waals surface area contributed by atoms with E-state index in [0.717, 1.165) is 40.8 Å². The zero-order chi connectivity index (χ0) is 16.4. The Balaban J connectivity index is 1.86. The molecule has 0 radical (unpaired) electrons. The summed E-state index contributed by atoms with van der Waals surface area (Å²) in [4.78, 5) is 12.5. The molecule has 1 aromatic carbocycles. The van der Waals surface area contributed by atoms with Gasteiger partial charge in [0.1, 0.15) is 10.6 Å². The molecule has 1 N–H and O–H groups in total. The van der Waals surface area contributed by atoms with Crippen LogP contribution in [0.3, 0.4) is 0 Å². The van der Waals surface area contributed by atoms with Crippen molar-refractivity contribution in [2.24, 2.45) is 0 Å². The van der Waals surface area contributed by atoms with E-state index >= 15 is 0 Å². The highest BCUT2D eigenvalue weighted by molar-refractivity contribution is 7.15. The summed E-state index contributed by atoms with van der Waals surface area (Å²) in [6.07, 6.45) is 2.83. The Morgan fingerprint density at radius 1 is 1.30 bits per heavy atom. The van der Waals surface area contributed by atoms with Crippen molar-refractivity contribution in [1.29, 1.82) is 0 Å². The molecule has 0 unspecified atom stereocenters. The number of nitrogens with zero attached hydrogens (tertiary/aromatic N) is 2. The highest BCUT2D eigenvalue weighted by atomic mass is 32.1. The van der Waals surface area contributed by atoms with Gasteiger partial charge in [-0.1, -0.05) is 31.3 Å². The summed E-state index contributed by atoms with van der Waals surface area (Å²) < 4.78 is 5.73. The third-order valence-electron chi connectivity index (χ3n) is 3.77. The Labute approximate surface area is 138 Å². The predicted molar refractivity (Wildman–Crippen MR) is 92.2 cm³/mol. The number of aryl methyl sites for hydroxylation is 3. The molecule has 23 heavy (non-hydrogen) atoms. The fourth-order valence-corrected chi connectivity index (χ4v) is 3.31. The van der Waals surface area contributed by atoms with E-state index < -0.39 is 0 Å². The summed E-state index contributed by atoms with van der Waals surface area (Å²) in [7, 11) is 0. The van der Waals surface area contributed by atoms with Crippen LogP contribution in [-0.2, 0) is 12.8 Å². The number of rotatable bonds is 5. The first-order chi connectivity index (χ1) is 11.1. The lowest BCUT2D eigenvalue weighted by Crippen LogP contribution is -2.11. The molecule has 2 aromatic heterocycles. The SMILES string of the molecule is CCCc1nnc(NC(=O)c2oc3ccc(CC)cc3c2C)s1. The standard InChI is InChI=1S/C17H19N3O2S/c1-4-6-14-19-20-17(23-14)18-16(21)15-10(3)12-9-11(5-2)7-8-13(12)22-15/h7-9H,4-6H2,1-3H3,(H,18,20,21). The van der Waals surface area contributed by atoms with Crippen LogP contribution in [-0.4, -0.2) is 16.1 Å². The Morgan fingerprint density at radius 3 is 2.87 bits per heavy atom. The fraction of sp³-hybridized carbons (Fsp3) is 0.353. The normalized spacial score (nSPS) is 11.1. The van der Waals surface area contributed by atoms with E-state index in [1.807, 2.05) is 19.1 Å². The van der Waals surface area contributed by atoms with E-state index in [4.69, 9.17) is 4.42 Å². The molecule has 3 aromatic rings. The second kappa shape index (κ2) is 6.50. The van der Waals surface area contributed by atoms with Gasteiger partial charge in [0, 0.05) is 17.4 Å². The number of furan rings is 1. The molecule has 0 aliphatic carbocycles.